The van der Waals surface area contributed by atoms with Crippen LogP contribution in [0.2, 0.25) is 0 Å². The highest BCUT2D eigenvalue weighted by molar-refractivity contribution is 5.60. The van der Waals surface area contributed by atoms with Crippen LogP contribution in [0.25, 0.3) is 0 Å². The van der Waals surface area contributed by atoms with Crippen LogP contribution in [0.15, 0.2) is 6.33 Å². The SMILES string of the molecule is CCN(CC)CCCNc1ncnc(OC)c1[N+](=O)[O-]. The highest BCUT2D eigenvalue weighted by Crippen LogP contribution is 2.30. The van der Waals surface area contributed by atoms with Crippen LogP contribution in [0.1, 0.15) is 20.3 Å². The number of aromatic nitrogens is 2. The molecule has 0 bridgehead atoms. The molecule has 0 fully saturated rings. The van der Waals surface area contributed by atoms with Crippen LogP contribution < -0.4 is 10.1 Å². The van der Waals surface area contributed by atoms with Gasteiger partial charge in [-0.3, -0.25) is 10.1 Å². The number of nitrogens with one attached hydrogen (secondary N) is 1. The summed E-state index contributed by atoms with van der Waals surface area (Å²) >= 11 is 0. The number of hydrogen-bond acceptors (Lipinski definition) is 7. The normalized spacial score (nSPS) is 10.6. The molecule has 0 saturated heterocycles. The van der Waals surface area contributed by atoms with E-state index in [9.17, 15) is 10.1 Å². The molecular formula is C12H21N5O3. The van der Waals surface area contributed by atoms with Crippen molar-refractivity contribution in [3.05, 3.63) is 16.4 Å². The Morgan fingerprint density at radius 3 is 2.65 bits per heavy atom. The maximum atomic E-state index is 11.0. The van der Waals surface area contributed by atoms with E-state index in [1.807, 2.05) is 0 Å². The van der Waals surface area contributed by atoms with Crippen molar-refractivity contribution < 1.29 is 9.66 Å². The lowest BCUT2D eigenvalue weighted by molar-refractivity contribution is -0.385. The third kappa shape index (κ3) is 4.30. The highest BCUT2D eigenvalue weighted by Gasteiger charge is 2.23. The Bertz CT molecular complexity index is 437. The molecule has 0 radical (unpaired) electrons. The maximum Gasteiger partial charge on any atom is 0.372 e. The number of rotatable bonds is 9. The lowest BCUT2D eigenvalue weighted by atomic mass is 10.3. The Labute approximate surface area is 118 Å². The van der Waals surface area contributed by atoms with E-state index < -0.39 is 4.92 Å². The van der Waals surface area contributed by atoms with E-state index in [2.05, 4.69) is 34.0 Å². The summed E-state index contributed by atoms with van der Waals surface area (Å²) < 4.78 is 4.89. The van der Waals surface area contributed by atoms with Gasteiger partial charge in [-0.25, -0.2) is 4.98 Å². The first kappa shape index (κ1) is 16.1. The van der Waals surface area contributed by atoms with Gasteiger partial charge >= 0.3 is 5.69 Å². The monoisotopic (exact) mass is 283 g/mol. The summed E-state index contributed by atoms with van der Waals surface area (Å²) in [5, 5.41) is 14.0. The lowest BCUT2D eigenvalue weighted by Crippen LogP contribution is -2.25. The Morgan fingerprint density at radius 1 is 1.40 bits per heavy atom. The molecule has 8 heteroatoms. The van der Waals surface area contributed by atoms with Crippen LogP contribution in [0.5, 0.6) is 5.88 Å². The minimum Gasteiger partial charge on any atom is -0.476 e. The highest BCUT2D eigenvalue weighted by atomic mass is 16.6. The van der Waals surface area contributed by atoms with Gasteiger partial charge in [0.25, 0.3) is 5.88 Å². The molecule has 1 heterocycles. The number of nitrogens with zero attached hydrogens (tertiary/aromatic N) is 4. The van der Waals surface area contributed by atoms with Gasteiger partial charge in [-0.05, 0) is 26.1 Å². The van der Waals surface area contributed by atoms with Crippen molar-refractivity contribution in [2.75, 3.05) is 38.6 Å². The molecule has 20 heavy (non-hydrogen) atoms. The second-order valence-electron chi connectivity index (χ2n) is 4.14. The van der Waals surface area contributed by atoms with Gasteiger partial charge < -0.3 is 15.0 Å². The lowest BCUT2D eigenvalue weighted by Gasteiger charge is -2.17. The Balaban J connectivity index is 2.62. The molecule has 0 unspecified atom stereocenters. The van der Waals surface area contributed by atoms with Gasteiger partial charge in [-0.2, -0.15) is 4.98 Å². The van der Waals surface area contributed by atoms with Crippen molar-refractivity contribution in [3.63, 3.8) is 0 Å². The van der Waals surface area contributed by atoms with Gasteiger partial charge in [0.1, 0.15) is 6.33 Å². The first-order valence-electron chi connectivity index (χ1n) is 6.63. The van der Waals surface area contributed by atoms with Gasteiger partial charge in [-0.15, -0.1) is 0 Å². The maximum absolute atomic E-state index is 11.0. The summed E-state index contributed by atoms with van der Waals surface area (Å²) in [5.74, 6) is 0.164. The van der Waals surface area contributed by atoms with Crippen LogP contribution in [0.4, 0.5) is 11.5 Å². The molecule has 1 N–H and O–H groups in total. The van der Waals surface area contributed by atoms with E-state index in [-0.39, 0.29) is 17.4 Å². The Hall–Kier alpha value is -1.96. The third-order valence-corrected chi connectivity index (χ3v) is 3.00. The minimum atomic E-state index is -0.536. The fourth-order valence-corrected chi connectivity index (χ4v) is 1.86. The van der Waals surface area contributed by atoms with E-state index >= 15 is 0 Å². The molecule has 0 aliphatic carbocycles. The van der Waals surface area contributed by atoms with Crippen molar-refractivity contribution >= 4 is 11.5 Å². The molecule has 0 aliphatic rings. The molecule has 1 aromatic heterocycles. The number of methoxy groups -OCH3 is 1. The van der Waals surface area contributed by atoms with E-state index in [4.69, 9.17) is 4.74 Å². The van der Waals surface area contributed by atoms with E-state index in [0.29, 0.717) is 6.54 Å². The fourth-order valence-electron chi connectivity index (χ4n) is 1.86. The zero-order chi connectivity index (χ0) is 15.0. The van der Waals surface area contributed by atoms with Crippen molar-refractivity contribution in [3.8, 4) is 5.88 Å². The summed E-state index contributed by atoms with van der Waals surface area (Å²) in [6.07, 6.45) is 2.13. The number of anilines is 1. The van der Waals surface area contributed by atoms with Crippen molar-refractivity contribution in [2.45, 2.75) is 20.3 Å². The molecule has 1 aromatic rings. The standard InChI is InChI=1S/C12H21N5O3/c1-4-16(5-2)8-6-7-13-11-10(17(18)19)12(20-3)15-9-14-11/h9H,4-8H2,1-3H3,(H,13,14,15). The summed E-state index contributed by atoms with van der Waals surface area (Å²) in [4.78, 5) is 20.4. The molecule has 0 atom stereocenters. The zero-order valence-corrected chi connectivity index (χ0v) is 12.1. The second-order valence-corrected chi connectivity index (χ2v) is 4.14. The topological polar surface area (TPSA) is 93.4 Å². The molecule has 8 nitrogen and oxygen atoms in total. The summed E-state index contributed by atoms with van der Waals surface area (Å²) in [6, 6.07) is 0. The van der Waals surface area contributed by atoms with Gasteiger partial charge in [0.2, 0.25) is 5.82 Å². The van der Waals surface area contributed by atoms with E-state index in [0.717, 1.165) is 26.1 Å². The van der Waals surface area contributed by atoms with Crippen LogP contribution >= 0.6 is 0 Å². The van der Waals surface area contributed by atoms with Gasteiger partial charge in [0.05, 0.1) is 12.0 Å². The molecule has 112 valence electrons. The zero-order valence-electron chi connectivity index (χ0n) is 12.1. The predicted molar refractivity (Wildman–Crippen MR) is 76.1 cm³/mol. The average molecular weight is 283 g/mol. The largest absolute Gasteiger partial charge is 0.476 e. The van der Waals surface area contributed by atoms with Crippen molar-refractivity contribution in [1.29, 1.82) is 0 Å². The first-order chi connectivity index (χ1) is 9.63. The molecule has 0 saturated carbocycles. The number of hydrogen-bond donors (Lipinski definition) is 1. The van der Waals surface area contributed by atoms with Crippen LogP contribution in [0.3, 0.4) is 0 Å². The van der Waals surface area contributed by atoms with Crippen molar-refractivity contribution in [1.82, 2.24) is 14.9 Å². The van der Waals surface area contributed by atoms with E-state index in [1.54, 1.807) is 0 Å². The smallest absolute Gasteiger partial charge is 0.372 e. The average Bonchev–Trinajstić information content (AvgIpc) is 2.46. The quantitative estimate of drug-likeness (QED) is 0.417. The summed E-state index contributed by atoms with van der Waals surface area (Å²) in [5.41, 5.74) is -0.224. The van der Waals surface area contributed by atoms with Crippen LogP contribution in [0, 0.1) is 10.1 Å². The molecule has 0 aromatic carbocycles. The summed E-state index contributed by atoms with van der Waals surface area (Å²) in [7, 11) is 1.35. The molecule has 0 amide bonds. The van der Waals surface area contributed by atoms with Crippen LogP contribution in [-0.4, -0.2) is 53.1 Å². The minimum absolute atomic E-state index is 0.0313. The van der Waals surface area contributed by atoms with Gasteiger partial charge in [-0.1, -0.05) is 13.8 Å². The van der Waals surface area contributed by atoms with Gasteiger partial charge in [0, 0.05) is 6.54 Å². The Morgan fingerprint density at radius 2 is 2.10 bits per heavy atom. The first-order valence-corrected chi connectivity index (χ1v) is 6.63. The second kappa shape index (κ2) is 8.26. The van der Waals surface area contributed by atoms with Gasteiger partial charge in [0.15, 0.2) is 0 Å². The number of nitro groups is 1. The molecular weight excluding hydrogens is 262 g/mol. The predicted octanol–water partition coefficient (Wildman–Crippen LogP) is 1.54. The van der Waals surface area contributed by atoms with Crippen LogP contribution in [-0.2, 0) is 0 Å². The fraction of sp³-hybridized carbons (Fsp3) is 0.667. The van der Waals surface area contributed by atoms with E-state index in [1.165, 1.54) is 13.4 Å². The number of ether oxygens (including phenoxy) is 1. The molecule has 0 spiro atoms. The third-order valence-electron chi connectivity index (χ3n) is 3.00. The van der Waals surface area contributed by atoms with Crippen molar-refractivity contribution in [2.24, 2.45) is 0 Å². The summed E-state index contributed by atoms with van der Waals surface area (Å²) in [6.45, 7) is 7.76. The molecule has 1 rings (SSSR count). The molecule has 0 aliphatic heterocycles. The Kier molecular flexibility index (Phi) is 6.65.